The number of hydrogen-bond acceptors (Lipinski definition) is 3. The molecule has 67 heavy (non-hydrogen) atoms. The maximum atomic E-state index is 6.97. The molecule has 0 aliphatic carbocycles. The summed E-state index contributed by atoms with van der Waals surface area (Å²) < 4.78 is 11.7. The van der Waals surface area contributed by atoms with Gasteiger partial charge in [0.2, 0.25) is 0 Å². The molecule has 6 heteroatoms. The third-order valence-electron chi connectivity index (χ3n) is 14.0. The quantitative estimate of drug-likeness (QED) is 0.162. The van der Waals surface area contributed by atoms with Gasteiger partial charge in [0.05, 0.1) is 11.4 Å². The van der Waals surface area contributed by atoms with E-state index in [1.54, 1.807) is 0 Å². The summed E-state index contributed by atoms with van der Waals surface area (Å²) in [6.07, 6.45) is 0. The molecule has 4 aromatic heterocycles. The van der Waals surface area contributed by atoms with Gasteiger partial charge in [-0.05, 0) is 106 Å². The zero-order valence-corrected chi connectivity index (χ0v) is 40.5. The Morgan fingerprint density at radius 1 is 0.448 bits per heavy atom. The summed E-state index contributed by atoms with van der Waals surface area (Å²) in [5.74, 6) is 1.59. The van der Waals surface area contributed by atoms with Crippen LogP contribution in [0.5, 0.6) is 11.5 Å². The Labute approximate surface area is 405 Å². The van der Waals surface area contributed by atoms with E-state index in [0.29, 0.717) is 0 Å². The molecule has 0 fully saturated rings. The van der Waals surface area contributed by atoms with E-state index in [2.05, 4.69) is 233 Å². The van der Waals surface area contributed by atoms with Crippen molar-refractivity contribution in [1.29, 1.82) is 0 Å². The molecule has 326 valence electrons. The molecule has 0 atom stereocenters. The van der Waals surface area contributed by atoms with Crippen molar-refractivity contribution in [1.82, 2.24) is 19.1 Å². The van der Waals surface area contributed by atoms with Gasteiger partial charge in [0.1, 0.15) is 16.9 Å². The van der Waals surface area contributed by atoms with E-state index in [-0.39, 0.29) is 31.9 Å². The van der Waals surface area contributed by atoms with Gasteiger partial charge in [-0.2, -0.15) is 0 Å². The largest absolute Gasteiger partial charge is 2.00 e. The van der Waals surface area contributed by atoms with Crippen LogP contribution in [-0.4, -0.2) is 19.1 Å². The van der Waals surface area contributed by atoms with Gasteiger partial charge in [-0.15, -0.1) is 36.4 Å². The minimum Gasteiger partial charge on any atom is -0.457 e. The van der Waals surface area contributed by atoms with Gasteiger partial charge in [0.25, 0.3) is 0 Å². The summed E-state index contributed by atoms with van der Waals surface area (Å²) in [5.41, 5.74) is 14.9. The van der Waals surface area contributed by atoms with Gasteiger partial charge < -0.3 is 13.9 Å². The first-order valence-corrected chi connectivity index (χ1v) is 22.9. The van der Waals surface area contributed by atoms with E-state index in [1.807, 2.05) is 0 Å². The number of rotatable bonds is 2. The first-order valence-electron chi connectivity index (χ1n) is 22.9. The van der Waals surface area contributed by atoms with E-state index < -0.39 is 5.41 Å². The molecule has 2 aliphatic rings. The monoisotopic (exact) mass is 1050 g/mol. The predicted octanol–water partition coefficient (Wildman–Crippen LogP) is 15.0. The summed E-state index contributed by atoms with van der Waals surface area (Å²) >= 11 is 0. The standard InChI is InChI=1S/C61H46N4O.Pt/c1-59(2,3)39-25-31-53-45(35-39)61(46-36-40(60(4,5)6)26-32-54(46)66-53)55-21-13-19-47(62-55)37-23-27-49-43(33-37)57-51(64(49)41-15-9-7-10-16-41)29-30-52-58(57)44-34-38(48-20-14-22-56(61)63-48)24-28-50(44)65(52)42-17-11-8-12-18-42;/h7-32,35-36H,1-6H3;/q-2;+2. The maximum absolute atomic E-state index is 6.97. The number of pyridine rings is 2. The fourth-order valence-electron chi connectivity index (χ4n) is 10.7. The Morgan fingerprint density at radius 2 is 0.866 bits per heavy atom. The number of nitrogens with zero attached hydrogens (tertiary/aromatic N) is 4. The van der Waals surface area contributed by atoms with Crippen LogP contribution in [0, 0.1) is 12.1 Å². The van der Waals surface area contributed by atoms with E-state index >= 15 is 0 Å². The van der Waals surface area contributed by atoms with Gasteiger partial charge in [0.15, 0.2) is 0 Å². The van der Waals surface area contributed by atoms with Crippen LogP contribution in [0.2, 0.25) is 0 Å². The van der Waals surface area contributed by atoms with Crippen LogP contribution in [0.1, 0.15) is 75.2 Å². The van der Waals surface area contributed by atoms with Crippen molar-refractivity contribution in [3.63, 3.8) is 0 Å². The van der Waals surface area contributed by atoms with E-state index in [0.717, 1.165) is 112 Å². The summed E-state index contributed by atoms with van der Waals surface area (Å²) in [5, 5.41) is 4.32. The van der Waals surface area contributed by atoms with Crippen LogP contribution in [0.3, 0.4) is 0 Å². The molecule has 0 saturated carbocycles. The van der Waals surface area contributed by atoms with Crippen LogP contribution in [0.15, 0.2) is 170 Å². The number of para-hydroxylation sites is 2. The van der Waals surface area contributed by atoms with Crippen molar-refractivity contribution in [2.24, 2.45) is 0 Å². The normalized spacial score (nSPS) is 13.6. The average molecular weight is 1050 g/mol. The summed E-state index contributed by atoms with van der Waals surface area (Å²) in [4.78, 5) is 11.6. The summed E-state index contributed by atoms with van der Waals surface area (Å²) in [6, 6.07) is 69.1. The molecule has 13 rings (SSSR count). The van der Waals surface area contributed by atoms with Gasteiger partial charge >= 0.3 is 21.1 Å². The molecule has 6 heterocycles. The molecule has 1 spiro atoms. The fraction of sp³-hybridized carbons (Fsp3) is 0.148. The van der Waals surface area contributed by atoms with Crippen molar-refractivity contribution >= 4 is 43.6 Å². The first-order chi connectivity index (χ1) is 32.0. The second-order valence-corrected chi connectivity index (χ2v) is 20.1. The molecule has 0 radical (unpaired) electrons. The average Bonchev–Trinajstić information content (AvgIpc) is 3.84. The Kier molecular flexibility index (Phi) is 9.08. The van der Waals surface area contributed by atoms with E-state index in [9.17, 15) is 0 Å². The predicted molar refractivity (Wildman–Crippen MR) is 269 cm³/mol. The SMILES string of the molecule is CC(C)(C)c1ccc2c(c1)C1(c3cccc(n3)-c3[c-]c4c5c6c7[c-]c(ccc7n(-c7ccccc7)c6ccc5n(-c5ccccc5)c4cc3)-c3cccc1n3)c1cc(C(C)(C)C)ccc1O2.[Pt+2]. The van der Waals surface area contributed by atoms with E-state index in [4.69, 9.17) is 14.7 Å². The number of hydrogen-bond donors (Lipinski definition) is 0. The first kappa shape index (κ1) is 41.4. The second kappa shape index (κ2) is 14.7. The third kappa shape index (κ3) is 6.03. The van der Waals surface area contributed by atoms with Crippen molar-refractivity contribution in [2.75, 3.05) is 0 Å². The van der Waals surface area contributed by atoms with Crippen LogP contribution in [0.25, 0.3) is 77.5 Å². The number of benzene rings is 7. The van der Waals surface area contributed by atoms with Crippen molar-refractivity contribution in [3.8, 4) is 45.4 Å². The summed E-state index contributed by atoms with van der Waals surface area (Å²) in [6.45, 7) is 13.6. The van der Waals surface area contributed by atoms with Gasteiger partial charge in [-0.25, -0.2) is 0 Å². The summed E-state index contributed by atoms with van der Waals surface area (Å²) in [7, 11) is 0. The fourth-order valence-corrected chi connectivity index (χ4v) is 10.7. The topological polar surface area (TPSA) is 44.9 Å². The molecule has 0 N–H and O–H groups in total. The van der Waals surface area contributed by atoms with Crippen LogP contribution < -0.4 is 4.74 Å². The second-order valence-electron chi connectivity index (χ2n) is 20.1. The Morgan fingerprint density at radius 3 is 1.28 bits per heavy atom. The van der Waals surface area contributed by atoms with Crippen molar-refractivity contribution < 1.29 is 25.8 Å². The zero-order valence-electron chi connectivity index (χ0n) is 38.2. The Hall–Kier alpha value is -7.07. The Bertz CT molecular complexity index is 3560. The minimum absolute atomic E-state index is 0. The van der Waals surface area contributed by atoms with Gasteiger partial charge in [0, 0.05) is 44.9 Å². The molecule has 8 bridgehead atoms. The smallest absolute Gasteiger partial charge is 0.457 e. The minimum atomic E-state index is -0.984. The van der Waals surface area contributed by atoms with Crippen molar-refractivity contribution in [3.05, 3.63) is 216 Å². The number of ether oxygens (including phenoxy) is 1. The third-order valence-corrected chi connectivity index (χ3v) is 14.0. The maximum Gasteiger partial charge on any atom is 2.00 e. The Balaban J connectivity index is 0.00000468. The molecule has 0 unspecified atom stereocenters. The molecule has 0 saturated heterocycles. The van der Waals surface area contributed by atoms with Crippen molar-refractivity contribution in [2.45, 2.75) is 57.8 Å². The number of fused-ring (bicyclic) bond motifs is 14. The molecule has 5 nitrogen and oxygen atoms in total. The van der Waals surface area contributed by atoms with E-state index in [1.165, 1.54) is 11.1 Å². The molecule has 7 aromatic carbocycles. The molecular weight excluding hydrogens is 1000 g/mol. The van der Waals surface area contributed by atoms with Crippen LogP contribution in [-0.2, 0) is 37.3 Å². The molecule has 0 amide bonds. The molecular formula is C61H46N4OPt. The molecule has 11 aromatic rings. The van der Waals surface area contributed by atoms with Gasteiger partial charge in [-0.3, -0.25) is 9.97 Å². The van der Waals surface area contributed by atoms with Crippen LogP contribution >= 0.6 is 0 Å². The molecule has 2 aliphatic heterocycles. The zero-order chi connectivity index (χ0) is 44.7. The van der Waals surface area contributed by atoms with Gasteiger partial charge in [-0.1, -0.05) is 147 Å². The number of aromatic nitrogens is 4. The van der Waals surface area contributed by atoms with Crippen LogP contribution in [0.4, 0.5) is 0 Å².